The normalized spacial score (nSPS) is 12.5. The number of phenols is 4. The van der Waals surface area contributed by atoms with E-state index in [1.165, 1.54) is 0 Å². The molecule has 0 fully saturated rings. The van der Waals surface area contributed by atoms with Gasteiger partial charge in [-0.3, -0.25) is 0 Å². The van der Waals surface area contributed by atoms with Gasteiger partial charge in [-0.25, -0.2) is 0 Å². The molecule has 0 radical (unpaired) electrons. The van der Waals surface area contributed by atoms with Crippen LogP contribution in [0.25, 0.3) is 0 Å². The van der Waals surface area contributed by atoms with Crippen LogP contribution < -0.4 is 9.47 Å². The summed E-state index contributed by atoms with van der Waals surface area (Å²) in [5, 5.41) is 47.6. The number of aromatic hydroxyl groups is 4. The second-order valence-corrected chi connectivity index (χ2v) is 18.9. The molecule has 0 spiro atoms. The van der Waals surface area contributed by atoms with Crippen molar-refractivity contribution in [3.8, 4) is 34.5 Å². The first-order chi connectivity index (χ1) is 31.2. The molecule has 0 heterocycles. The molecule has 9 rings (SSSR count). The first kappa shape index (κ1) is 43.3. The second kappa shape index (κ2) is 19.4. The summed E-state index contributed by atoms with van der Waals surface area (Å²) in [6.45, 7) is 0.682. The van der Waals surface area contributed by atoms with Gasteiger partial charge in [-0.2, -0.15) is 0 Å². The predicted octanol–water partition coefficient (Wildman–Crippen LogP) is 12.7. The van der Waals surface area contributed by atoms with Crippen LogP contribution in [0.5, 0.6) is 34.5 Å². The van der Waals surface area contributed by atoms with Crippen LogP contribution in [-0.2, 0) is 51.7 Å². The van der Waals surface area contributed by atoms with Crippen LogP contribution in [0, 0.1) is 7.14 Å². The molecule has 0 aromatic heterocycles. The van der Waals surface area contributed by atoms with Gasteiger partial charge in [-0.1, -0.05) is 133 Å². The van der Waals surface area contributed by atoms with Crippen molar-refractivity contribution in [1.82, 2.24) is 0 Å². The summed E-state index contributed by atoms with van der Waals surface area (Å²) >= 11 is 4.59. The van der Waals surface area contributed by atoms with E-state index in [9.17, 15) is 20.4 Å². The fraction of sp³-hybridized carbons (Fsp3) is 0.143. The van der Waals surface area contributed by atoms with Gasteiger partial charge < -0.3 is 29.9 Å². The van der Waals surface area contributed by atoms with Gasteiger partial charge >= 0.3 is 0 Å². The monoisotopic (exact) mass is 1070 g/mol. The van der Waals surface area contributed by atoms with E-state index in [4.69, 9.17) is 9.47 Å². The molecule has 8 aromatic carbocycles. The van der Waals surface area contributed by atoms with Crippen molar-refractivity contribution < 1.29 is 29.9 Å². The predicted molar refractivity (Wildman–Crippen MR) is 269 cm³/mol. The van der Waals surface area contributed by atoms with E-state index in [0.717, 1.165) is 62.8 Å². The third kappa shape index (κ3) is 9.73. The molecule has 4 N–H and O–H groups in total. The van der Waals surface area contributed by atoms with Gasteiger partial charge in [-0.05, 0) is 147 Å². The number of hydrogen-bond acceptors (Lipinski definition) is 6. The fourth-order valence-corrected chi connectivity index (χ4v) is 9.35. The summed E-state index contributed by atoms with van der Waals surface area (Å²) in [6, 6.07) is 51.7. The Morgan fingerprint density at radius 1 is 0.297 bits per heavy atom. The molecule has 0 unspecified atom stereocenters. The zero-order valence-corrected chi connectivity index (χ0v) is 39.3. The molecule has 0 saturated carbocycles. The quantitative estimate of drug-likeness (QED) is 0.124. The van der Waals surface area contributed by atoms with E-state index < -0.39 is 0 Å². The van der Waals surface area contributed by atoms with Gasteiger partial charge in [0.1, 0.15) is 47.7 Å². The van der Waals surface area contributed by atoms with Crippen molar-refractivity contribution in [3.63, 3.8) is 0 Å². The van der Waals surface area contributed by atoms with Crippen molar-refractivity contribution in [2.45, 2.75) is 51.7 Å². The SMILES string of the molecule is Oc1c2cccc1Cc1cccc(c1OCc1ccc(I)cc1)Cc1cccc(c1O)Cc1cccc(c1O)Cc1cccc(c1OCc1ccc(I)cc1)Cc1cccc(c1O)C2. The molecule has 1 aliphatic rings. The van der Waals surface area contributed by atoms with E-state index in [2.05, 4.69) is 93.7 Å². The maximum atomic E-state index is 11.9. The molecule has 6 nitrogen and oxygen atoms in total. The zero-order chi connectivity index (χ0) is 44.2. The molecular weight excluding hydrogens is 1020 g/mol. The summed E-state index contributed by atoms with van der Waals surface area (Å²) in [7, 11) is 0. The molecule has 0 aliphatic heterocycles. The Balaban J connectivity index is 1.15. The molecule has 64 heavy (non-hydrogen) atoms. The van der Waals surface area contributed by atoms with Crippen LogP contribution in [0.3, 0.4) is 0 Å². The van der Waals surface area contributed by atoms with Gasteiger partial charge in [0.25, 0.3) is 0 Å². The molecule has 0 saturated heterocycles. The highest BCUT2D eigenvalue weighted by Crippen LogP contribution is 2.39. The summed E-state index contributed by atoms with van der Waals surface area (Å²) in [4.78, 5) is 0. The Morgan fingerprint density at radius 2 is 0.500 bits per heavy atom. The van der Waals surface area contributed by atoms with Gasteiger partial charge in [0.2, 0.25) is 0 Å². The van der Waals surface area contributed by atoms with Gasteiger partial charge in [0.05, 0.1) is 0 Å². The molecule has 0 atom stereocenters. The van der Waals surface area contributed by atoms with E-state index >= 15 is 0 Å². The van der Waals surface area contributed by atoms with Crippen LogP contribution >= 0.6 is 45.2 Å². The lowest BCUT2D eigenvalue weighted by molar-refractivity contribution is 0.300. The fourth-order valence-electron chi connectivity index (χ4n) is 8.63. The van der Waals surface area contributed by atoms with E-state index in [0.29, 0.717) is 85.5 Å². The first-order valence-electron chi connectivity index (χ1n) is 21.3. The Kier molecular flexibility index (Phi) is 13.1. The van der Waals surface area contributed by atoms with Crippen LogP contribution in [0.1, 0.15) is 77.9 Å². The smallest absolute Gasteiger partial charge is 0.126 e. The van der Waals surface area contributed by atoms with Crippen molar-refractivity contribution >= 4 is 45.2 Å². The summed E-state index contributed by atoms with van der Waals surface area (Å²) in [5.74, 6) is 2.09. The summed E-state index contributed by atoms with van der Waals surface area (Å²) in [5.41, 5.74) is 11.4. The number of phenolic OH excluding ortho intramolecular Hbond substituents is 4. The average molecular weight is 1070 g/mol. The number of halogens is 2. The molecule has 8 heteroatoms. The molecule has 0 amide bonds. The lowest BCUT2D eigenvalue weighted by atomic mass is 9.91. The lowest BCUT2D eigenvalue weighted by Crippen LogP contribution is -2.05. The van der Waals surface area contributed by atoms with Gasteiger partial charge in [0, 0.05) is 45.7 Å². The van der Waals surface area contributed by atoms with Crippen molar-refractivity contribution in [2.24, 2.45) is 0 Å². The van der Waals surface area contributed by atoms with Crippen LogP contribution in [-0.4, -0.2) is 20.4 Å². The Bertz CT molecular complexity index is 2620. The van der Waals surface area contributed by atoms with Crippen LogP contribution in [0.15, 0.2) is 158 Å². The lowest BCUT2D eigenvalue weighted by Gasteiger charge is -2.20. The highest BCUT2D eigenvalue weighted by atomic mass is 127. The third-order valence-electron chi connectivity index (χ3n) is 12.0. The van der Waals surface area contributed by atoms with E-state index in [1.54, 1.807) is 0 Å². The number of fused-ring (bicyclic) bond motifs is 12. The maximum absolute atomic E-state index is 11.9. The molecule has 1 aliphatic carbocycles. The van der Waals surface area contributed by atoms with Gasteiger partial charge in [-0.15, -0.1) is 0 Å². The number of para-hydroxylation sites is 6. The minimum Gasteiger partial charge on any atom is -0.507 e. The van der Waals surface area contributed by atoms with Gasteiger partial charge in [0.15, 0.2) is 0 Å². The summed E-state index contributed by atoms with van der Waals surface area (Å²) < 4.78 is 15.7. The van der Waals surface area contributed by atoms with Crippen molar-refractivity contribution in [1.29, 1.82) is 0 Å². The molecule has 8 aromatic rings. The highest BCUT2D eigenvalue weighted by molar-refractivity contribution is 14.1. The van der Waals surface area contributed by atoms with Crippen molar-refractivity contribution in [3.05, 3.63) is 243 Å². The van der Waals surface area contributed by atoms with Crippen LogP contribution in [0.4, 0.5) is 0 Å². The zero-order valence-electron chi connectivity index (χ0n) is 35.0. The number of benzene rings is 8. The van der Waals surface area contributed by atoms with Crippen LogP contribution in [0.2, 0.25) is 0 Å². The van der Waals surface area contributed by atoms with E-state index in [-0.39, 0.29) is 23.0 Å². The minimum absolute atomic E-state index is 0.173. The second-order valence-electron chi connectivity index (χ2n) is 16.4. The molecule has 12 bridgehead atoms. The standard InChI is InChI=1S/C56H46I2O6/c57-49-23-19-35(20-24-49)33-63-55-45-15-5-16-46(55)31-43-13-3-9-39(53(43)61)28-40-10-4-14-44(54(40)62)32-48-18-6-17-47(56(48)64-34-36-21-25-50(58)26-22-36)30-42-12-2-8-38(52(42)60)27-37-7-1-11-41(29-45)51(37)59/h1-26,59-62H,27-34H2. The summed E-state index contributed by atoms with van der Waals surface area (Å²) in [6.07, 6.45) is 2.21. The number of rotatable bonds is 6. The largest absolute Gasteiger partial charge is 0.507 e. The first-order valence-corrected chi connectivity index (χ1v) is 23.5. The number of hydrogen-bond donors (Lipinski definition) is 4. The van der Waals surface area contributed by atoms with Crippen molar-refractivity contribution in [2.75, 3.05) is 0 Å². The maximum Gasteiger partial charge on any atom is 0.126 e. The topological polar surface area (TPSA) is 99.4 Å². The highest BCUT2D eigenvalue weighted by Gasteiger charge is 2.21. The Morgan fingerprint density at radius 3 is 0.734 bits per heavy atom. The average Bonchev–Trinajstić information content (AvgIpc) is 3.29. The Labute approximate surface area is 401 Å². The number of ether oxygens (including phenoxy) is 2. The minimum atomic E-state index is 0.173. The van der Waals surface area contributed by atoms with E-state index in [1.807, 2.05) is 109 Å². The molecule has 320 valence electrons. The third-order valence-corrected chi connectivity index (χ3v) is 13.5. The Hall–Kier alpha value is -5.98. The molecular formula is C56H46I2O6.